The molecule has 0 saturated carbocycles. The number of H-pyrrole nitrogens is 1. The van der Waals surface area contributed by atoms with Crippen LogP contribution < -0.4 is 5.56 Å². The molecule has 1 N–H and O–H groups in total. The van der Waals surface area contributed by atoms with E-state index < -0.39 is 0 Å². The number of halogens is 1. The zero-order valence-corrected chi connectivity index (χ0v) is 18.8. The van der Waals surface area contributed by atoms with Gasteiger partial charge in [-0.3, -0.25) is 9.36 Å². The molecule has 5 aromatic rings. The van der Waals surface area contributed by atoms with Gasteiger partial charge in [0.05, 0.1) is 12.0 Å². The normalized spacial score (nSPS) is 11.3. The quantitative estimate of drug-likeness (QED) is 0.341. The minimum Gasteiger partial charge on any atom is -0.441 e. The lowest BCUT2D eigenvalue weighted by Gasteiger charge is -2.07. The number of imidazole rings is 1. The molecule has 7 nitrogen and oxygen atoms in total. The Labute approximate surface area is 189 Å². The molecule has 0 spiro atoms. The van der Waals surface area contributed by atoms with E-state index in [2.05, 4.69) is 35.9 Å². The number of nitrogens with one attached hydrogen (secondary N) is 1. The molecule has 3 aromatic heterocycles. The van der Waals surface area contributed by atoms with Gasteiger partial charge in [-0.05, 0) is 37.3 Å². The van der Waals surface area contributed by atoms with Gasteiger partial charge in [-0.2, -0.15) is 0 Å². The van der Waals surface area contributed by atoms with Crippen LogP contribution in [0.5, 0.6) is 0 Å². The molecule has 0 aliphatic rings. The van der Waals surface area contributed by atoms with Gasteiger partial charge in [0, 0.05) is 21.5 Å². The van der Waals surface area contributed by atoms with E-state index >= 15 is 0 Å². The topological polar surface area (TPSA) is 89.6 Å². The number of aryl methyl sites for hydroxylation is 1. The van der Waals surface area contributed by atoms with Crippen molar-refractivity contribution in [2.24, 2.45) is 0 Å². The van der Waals surface area contributed by atoms with Crippen LogP contribution in [-0.4, -0.2) is 24.5 Å². The molecular weight excluding hydrogens is 478 g/mol. The second kappa shape index (κ2) is 8.16. The van der Waals surface area contributed by atoms with Gasteiger partial charge in [0.2, 0.25) is 5.89 Å². The molecule has 0 aliphatic heterocycles. The number of benzene rings is 2. The second-order valence-corrected chi connectivity index (χ2v) is 8.65. The maximum Gasteiger partial charge on any atom is 0.278 e. The number of hydrogen-bond acceptors (Lipinski definition) is 6. The van der Waals surface area contributed by atoms with Crippen molar-refractivity contribution in [3.63, 3.8) is 0 Å². The fraction of sp³-hybridized carbons (Fsp3) is 0.0909. The Morgan fingerprint density at radius 2 is 1.97 bits per heavy atom. The van der Waals surface area contributed by atoms with Crippen molar-refractivity contribution in [2.45, 2.75) is 17.8 Å². The number of aromatic nitrogens is 5. The molecule has 0 saturated heterocycles. The summed E-state index contributed by atoms with van der Waals surface area (Å²) in [7, 11) is 0. The molecule has 5 rings (SSSR count). The summed E-state index contributed by atoms with van der Waals surface area (Å²) >= 11 is 4.96. The summed E-state index contributed by atoms with van der Waals surface area (Å²) in [6.07, 6.45) is 1.40. The first-order valence-electron chi connectivity index (χ1n) is 9.47. The van der Waals surface area contributed by atoms with E-state index in [-0.39, 0.29) is 5.56 Å². The van der Waals surface area contributed by atoms with E-state index in [9.17, 15) is 4.79 Å². The van der Waals surface area contributed by atoms with E-state index in [1.807, 2.05) is 66.1 Å². The summed E-state index contributed by atoms with van der Waals surface area (Å²) in [6, 6.07) is 17.6. The highest BCUT2D eigenvalue weighted by Gasteiger charge is 2.18. The SMILES string of the molecule is Cc1oc(-c2cccc(Br)c2)nc1CSc1nc2c(=O)[nH]cnc2n1-c1ccccc1. The summed E-state index contributed by atoms with van der Waals surface area (Å²) in [4.78, 5) is 28.5. The average molecular weight is 494 g/mol. The van der Waals surface area contributed by atoms with Crippen molar-refractivity contribution in [3.8, 4) is 17.1 Å². The average Bonchev–Trinajstić information content (AvgIpc) is 3.34. The monoisotopic (exact) mass is 493 g/mol. The molecule has 31 heavy (non-hydrogen) atoms. The van der Waals surface area contributed by atoms with Gasteiger partial charge < -0.3 is 9.40 Å². The predicted molar refractivity (Wildman–Crippen MR) is 123 cm³/mol. The van der Waals surface area contributed by atoms with Gasteiger partial charge in [0.1, 0.15) is 5.76 Å². The van der Waals surface area contributed by atoms with Crippen molar-refractivity contribution in [3.05, 3.63) is 87.2 Å². The molecule has 0 atom stereocenters. The Morgan fingerprint density at radius 1 is 1.13 bits per heavy atom. The highest BCUT2D eigenvalue weighted by atomic mass is 79.9. The van der Waals surface area contributed by atoms with Crippen molar-refractivity contribution in [1.29, 1.82) is 0 Å². The first-order chi connectivity index (χ1) is 15.1. The fourth-order valence-electron chi connectivity index (χ4n) is 3.23. The van der Waals surface area contributed by atoms with Crippen molar-refractivity contribution < 1.29 is 4.42 Å². The zero-order chi connectivity index (χ0) is 21.4. The standard InChI is InChI=1S/C22H16BrN5O2S/c1-13-17(26-21(30-13)14-6-5-7-15(23)10-14)11-31-22-27-18-19(24-12-25-20(18)29)28(22)16-8-3-2-4-9-16/h2-10,12H,11H2,1H3,(H,24,25,29). The van der Waals surface area contributed by atoms with E-state index in [1.54, 1.807) is 0 Å². The first kappa shape index (κ1) is 19.8. The van der Waals surface area contributed by atoms with Gasteiger partial charge in [-0.1, -0.05) is 52.0 Å². The van der Waals surface area contributed by atoms with Crippen molar-refractivity contribution in [1.82, 2.24) is 24.5 Å². The molecule has 0 amide bonds. The Hall–Kier alpha value is -3.17. The van der Waals surface area contributed by atoms with E-state index in [1.165, 1.54) is 18.1 Å². The number of para-hydroxylation sites is 1. The lowest BCUT2D eigenvalue weighted by Crippen LogP contribution is -2.07. The molecule has 9 heteroatoms. The van der Waals surface area contributed by atoms with Gasteiger partial charge in [0.25, 0.3) is 5.56 Å². The largest absolute Gasteiger partial charge is 0.441 e. The van der Waals surface area contributed by atoms with Crippen LogP contribution in [0.25, 0.3) is 28.3 Å². The fourth-order valence-corrected chi connectivity index (χ4v) is 4.64. The number of nitrogens with zero attached hydrogens (tertiary/aromatic N) is 4. The third kappa shape index (κ3) is 3.82. The van der Waals surface area contributed by atoms with Crippen LogP contribution in [0.15, 0.2) is 79.8 Å². The van der Waals surface area contributed by atoms with Crippen molar-refractivity contribution >= 4 is 38.9 Å². The lowest BCUT2D eigenvalue weighted by atomic mass is 10.2. The molecule has 154 valence electrons. The smallest absolute Gasteiger partial charge is 0.278 e. The van der Waals surface area contributed by atoms with Gasteiger partial charge in [-0.15, -0.1) is 0 Å². The number of rotatable bonds is 5. The van der Waals surface area contributed by atoms with Gasteiger partial charge in [0.15, 0.2) is 16.3 Å². The Bertz CT molecular complexity index is 1440. The minimum absolute atomic E-state index is 0.268. The van der Waals surface area contributed by atoms with Crippen LogP contribution in [0, 0.1) is 6.92 Å². The Kier molecular flexibility index (Phi) is 5.21. The summed E-state index contributed by atoms with van der Waals surface area (Å²) in [5.41, 5.74) is 3.17. The summed E-state index contributed by atoms with van der Waals surface area (Å²) < 4.78 is 8.75. The minimum atomic E-state index is -0.268. The lowest BCUT2D eigenvalue weighted by molar-refractivity contribution is 0.540. The highest BCUT2D eigenvalue weighted by Crippen LogP contribution is 2.31. The van der Waals surface area contributed by atoms with Crippen LogP contribution in [0.2, 0.25) is 0 Å². The van der Waals surface area contributed by atoms with Crippen LogP contribution in [0.1, 0.15) is 11.5 Å². The molecule has 0 bridgehead atoms. The summed E-state index contributed by atoms with van der Waals surface area (Å²) in [6.45, 7) is 1.90. The summed E-state index contributed by atoms with van der Waals surface area (Å²) in [5.74, 6) is 1.86. The maximum absolute atomic E-state index is 12.3. The Morgan fingerprint density at radius 3 is 2.77 bits per heavy atom. The van der Waals surface area contributed by atoms with Crippen LogP contribution in [0.3, 0.4) is 0 Å². The van der Waals surface area contributed by atoms with Gasteiger partial charge >= 0.3 is 0 Å². The molecular formula is C22H16BrN5O2S. The van der Waals surface area contributed by atoms with E-state index in [0.717, 1.165) is 27.2 Å². The third-order valence-corrected chi connectivity index (χ3v) is 6.18. The van der Waals surface area contributed by atoms with E-state index in [4.69, 9.17) is 4.42 Å². The number of aromatic amines is 1. The number of thioether (sulfide) groups is 1. The number of hydrogen-bond donors (Lipinski definition) is 1. The van der Waals surface area contributed by atoms with Crippen LogP contribution in [0.4, 0.5) is 0 Å². The predicted octanol–water partition coefficient (Wildman–Crippen LogP) is 5.13. The third-order valence-electron chi connectivity index (χ3n) is 4.74. The highest BCUT2D eigenvalue weighted by molar-refractivity contribution is 9.10. The van der Waals surface area contributed by atoms with Crippen LogP contribution >= 0.6 is 27.7 Å². The molecule has 0 fully saturated rings. The number of oxazole rings is 1. The second-order valence-electron chi connectivity index (χ2n) is 6.79. The zero-order valence-electron chi connectivity index (χ0n) is 16.4. The van der Waals surface area contributed by atoms with Gasteiger partial charge in [-0.25, -0.2) is 15.0 Å². The number of fused-ring (bicyclic) bond motifs is 1. The maximum atomic E-state index is 12.3. The molecule has 0 unspecified atom stereocenters. The first-order valence-corrected chi connectivity index (χ1v) is 11.2. The molecule has 0 radical (unpaired) electrons. The molecule has 2 aromatic carbocycles. The van der Waals surface area contributed by atoms with Crippen LogP contribution in [-0.2, 0) is 5.75 Å². The Balaban J connectivity index is 1.51. The summed E-state index contributed by atoms with van der Waals surface area (Å²) in [5, 5.41) is 0.664. The molecule has 3 heterocycles. The molecule has 0 aliphatic carbocycles. The van der Waals surface area contributed by atoms with Crippen molar-refractivity contribution in [2.75, 3.05) is 0 Å². The van der Waals surface area contributed by atoms with E-state index in [0.29, 0.717) is 28.0 Å².